The van der Waals surface area contributed by atoms with Gasteiger partial charge in [-0.1, -0.05) is 0 Å². The van der Waals surface area contributed by atoms with Gasteiger partial charge >= 0.3 is 0 Å². The molecule has 1 aliphatic rings. The third kappa shape index (κ3) is 4.09. The molecule has 2 N–H and O–H groups in total. The van der Waals surface area contributed by atoms with Crippen molar-refractivity contribution < 1.29 is 8.42 Å². The molecule has 1 aliphatic heterocycles. The van der Waals surface area contributed by atoms with Gasteiger partial charge in [-0.05, 0) is 19.1 Å². The lowest BCUT2D eigenvalue weighted by molar-refractivity contribution is 0.604. The Morgan fingerprint density at radius 3 is 2.78 bits per heavy atom. The molecular weight excluding hydrogens is 385 g/mol. The quantitative estimate of drug-likeness (QED) is 0.748. The molecule has 1 atom stereocenters. The molecule has 102 valence electrons. The van der Waals surface area contributed by atoms with Crippen LogP contribution >= 0.6 is 35.3 Å². The van der Waals surface area contributed by atoms with E-state index in [4.69, 9.17) is 0 Å². The summed E-state index contributed by atoms with van der Waals surface area (Å²) in [6, 6.07) is 3.84. The number of hydrogen-bond acceptors (Lipinski definition) is 6. The fourth-order valence-corrected chi connectivity index (χ4v) is 3.40. The second-order valence-corrected chi connectivity index (χ2v) is 7.49. The van der Waals surface area contributed by atoms with Gasteiger partial charge in [-0.3, -0.25) is 4.99 Å². The highest BCUT2D eigenvalue weighted by Gasteiger charge is 2.13. The van der Waals surface area contributed by atoms with Crippen molar-refractivity contribution in [1.82, 2.24) is 10.6 Å². The fourth-order valence-electron chi connectivity index (χ4n) is 1.48. The van der Waals surface area contributed by atoms with E-state index < -0.39 is 9.84 Å². The predicted molar refractivity (Wildman–Crippen MR) is 84.6 cm³/mol. The van der Waals surface area contributed by atoms with E-state index in [1.807, 2.05) is 6.07 Å². The van der Waals surface area contributed by atoms with Crippen molar-refractivity contribution in [3.8, 4) is 0 Å². The minimum atomic E-state index is -3.08. The van der Waals surface area contributed by atoms with Gasteiger partial charge in [0.25, 0.3) is 0 Å². The summed E-state index contributed by atoms with van der Waals surface area (Å²) in [5.41, 5.74) is 0. The Hall–Kier alpha value is -0.350. The van der Waals surface area contributed by atoms with Gasteiger partial charge in [-0.2, -0.15) is 0 Å². The van der Waals surface area contributed by atoms with E-state index in [0.717, 1.165) is 17.4 Å². The van der Waals surface area contributed by atoms with Gasteiger partial charge < -0.3 is 10.6 Å². The number of sulfone groups is 1. The molecule has 0 fully saturated rings. The van der Waals surface area contributed by atoms with Crippen LogP contribution in [-0.4, -0.2) is 33.2 Å². The maximum absolute atomic E-state index is 11.3. The average molecular weight is 401 g/mol. The maximum Gasteiger partial charge on any atom is 0.191 e. The summed E-state index contributed by atoms with van der Waals surface area (Å²) in [5, 5.41) is 6.33. The van der Waals surface area contributed by atoms with Crippen LogP contribution in [0.1, 0.15) is 11.8 Å². The molecule has 8 heteroatoms. The Kier molecular flexibility index (Phi) is 5.41. The van der Waals surface area contributed by atoms with Crippen molar-refractivity contribution >= 4 is 51.1 Å². The van der Waals surface area contributed by atoms with E-state index in [1.54, 1.807) is 6.07 Å². The number of guanidine groups is 1. The van der Waals surface area contributed by atoms with Gasteiger partial charge in [-0.25, -0.2) is 8.42 Å². The van der Waals surface area contributed by atoms with Gasteiger partial charge in [0.15, 0.2) is 15.8 Å². The molecule has 0 aromatic carbocycles. The molecule has 2 heterocycles. The molecule has 18 heavy (non-hydrogen) atoms. The molecule has 5 nitrogen and oxygen atoms in total. The van der Waals surface area contributed by atoms with Crippen LogP contribution in [0.2, 0.25) is 0 Å². The molecule has 0 bridgehead atoms. The molecule has 0 spiro atoms. The SMILES string of the molecule is CC1CN=C(NCc2ccc(S(C)(=O)=O)s2)N1.I. The standard InChI is InChI=1S/C10H15N3O2S2.HI/c1-7-5-11-10(13-7)12-6-8-3-4-9(16-8)17(2,14)15;/h3-4,7H,5-6H2,1-2H3,(H2,11,12,13);1H. The number of aliphatic imine (C=N–C) groups is 1. The zero-order valence-corrected chi connectivity index (χ0v) is 14.1. The van der Waals surface area contributed by atoms with E-state index >= 15 is 0 Å². The van der Waals surface area contributed by atoms with Crippen LogP contribution in [0.3, 0.4) is 0 Å². The summed E-state index contributed by atoms with van der Waals surface area (Å²) in [4.78, 5) is 5.25. The van der Waals surface area contributed by atoms with Crippen molar-refractivity contribution in [1.29, 1.82) is 0 Å². The van der Waals surface area contributed by atoms with Gasteiger partial charge in [0.05, 0.1) is 13.1 Å². The molecule has 0 amide bonds. The van der Waals surface area contributed by atoms with Gasteiger partial charge in [-0.15, -0.1) is 35.3 Å². The number of nitrogens with one attached hydrogen (secondary N) is 2. The topological polar surface area (TPSA) is 70.6 Å². The zero-order chi connectivity index (χ0) is 12.5. The molecule has 1 aromatic rings. The molecule has 0 saturated carbocycles. The molecule has 0 aliphatic carbocycles. The minimum absolute atomic E-state index is 0. The average Bonchev–Trinajstić information content (AvgIpc) is 2.82. The van der Waals surface area contributed by atoms with Crippen molar-refractivity contribution in [3.63, 3.8) is 0 Å². The molecular formula is C10H16IN3O2S2. The largest absolute Gasteiger partial charge is 0.352 e. The highest BCUT2D eigenvalue weighted by molar-refractivity contribution is 14.0. The summed E-state index contributed by atoms with van der Waals surface area (Å²) in [6.07, 6.45) is 1.22. The van der Waals surface area contributed by atoms with E-state index in [1.165, 1.54) is 17.6 Å². The van der Waals surface area contributed by atoms with E-state index in [9.17, 15) is 8.42 Å². The maximum atomic E-state index is 11.3. The number of rotatable bonds is 3. The number of halogens is 1. The first-order chi connectivity index (χ1) is 7.95. The van der Waals surface area contributed by atoms with Crippen LogP contribution in [0, 0.1) is 0 Å². The van der Waals surface area contributed by atoms with Crippen LogP contribution in [0.5, 0.6) is 0 Å². The molecule has 1 unspecified atom stereocenters. The Labute approximate surface area is 128 Å². The minimum Gasteiger partial charge on any atom is -0.352 e. The fraction of sp³-hybridized carbons (Fsp3) is 0.500. The molecule has 0 radical (unpaired) electrons. The van der Waals surface area contributed by atoms with Crippen LogP contribution < -0.4 is 10.6 Å². The van der Waals surface area contributed by atoms with Crippen LogP contribution in [-0.2, 0) is 16.4 Å². The summed E-state index contributed by atoms with van der Waals surface area (Å²) < 4.78 is 23.0. The Morgan fingerprint density at radius 1 is 1.56 bits per heavy atom. The Morgan fingerprint density at radius 2 is 2.28 bits per heavy atom. The van der Waals surface area contributed by atoms with Crippen molar-refractivity contribution in [2.45, 2.75) is 23.7 Å². The molecule has 2 rings (SSSR count). The highest BCUT2D eigenvalue weighted by atomic mass is 127. The number of thiophene rings is 1. The van der Waals surface area contributed by atoms with Crippen LogP contribution in [0.4, 0.5) is 0 Å². The second-order valence-electron chi connectivity index (χ2n) is 4.08. The first-order valence-electron chi connectivity index (χ1n) is 5.29. The van der Waals surface area contributed by atoms with E-state index in [0.29, 0.717) is 16.8 Å². The third-order valence-corrected chi connectivity index (χ3v) is 5.24. The zero-order valence-electron chi connectivity index (χ0n) is 10.1. The molecule has 0 saturated heterocycles. The monoisotopic (exact) mass is 401 g/mol. The predicted octanol–water partition coefficient (Wildman–Crippen LogP) is 1.21. The number of nitrogens with zero attached hydrogens (tertiary/aromatic N) is 1. The van der Waals surface area contributed by atoms with Gasteiger partial charge in [0.1, 0.15) is 4.21 Å². The first-order valence-corrected chi connectivity index (χ1v) is 7.99. The van der Waals surface area contributed by atoms with E-state index in [-0.39, 0.29) is 24.0 Å². The van der Waals surface area contributed by atoms with Crippen molar-refractivity contribution in [2.75, 3.05) is 12.8 Å². The molecule has 1 aromatic heterocycles. The van der Waals surface area contributed by atoms with Gasteiger partial charge in [0.2, 0.25) is 0 Å². The number of hydrogen-bond donors (Lipinski definition) is 2. The Bertz CT molecular complexity index is 539. The highest BCUT2D eigenvalue weighted by Crippen LogP contribution is 2.21. The lowest BCUT2D eigenvalue weighted by atomic mass is 10.4. The van der Waals surface area contributed by atoms with Crippen molar-refractivity contribution in [2.24, 2.45) is 4.99 Å². The van der Waals surface area contributed by atoms with Crippen LogP contribution in [0.25, 0.3) is 0 Å². The Balaban J connectivity index is 0.00000162. The van der Waals surface area contributed by atoms with E-state index in [2.05, 4.69) is 22.5 Å². The summed E-state index contributed by atoms with van der Waals surface area (Å²) >= 11 is 1.29. The van der Waals surface area contributed by atoms with Gasteiger partial charge in [0, 0.05) is 17.2 Å². The lowest BCUT2D eigenvalue weighted by Gasteiger charge is -2.07. The normalized spacial score (nSPS) is 18.8. The summed E-state index contributed by atoms with van der Waals surface area (Å²) in [7, 11) is -3.08. The first kappa shape index (κ1) is 15.7. The lowest BCUT2D eigenvalue weighted by Crippen LogP contribution is -2.36. The smallest absolute Gasteiger partial charge is 0.191 e. The summed E-state index contributed by atoms with van der Waals surface area (Å²) in [5.74, 6) is 0.784. The second kappa shape index (κ2) is 6.20. The third-order valence-electron chi connectivity index (χ3n) is 2.34. The van der Waals surface area contributed by atoms with Crippen molar-refractivity contribution in [3.05, 3.63) is 17.0 Å². The van der Waals surface area contributed by atoms with Crippen LogP contribution in [0.15, 0.2) is 21.3 Å². The summed E-state index contributed by atoms with van der Waals surface area (Å²) in [6.45, 7) is 3.44.